The Bertz CT molecular complexity index is 998. The Kier molecular flexibility index (Phi) is 4.58. The quantitative estimate of drug-likeness (QED) is 0.283. The Labute approximate surface area is 157 Å². The van der Waals surface area contributed by atoms with E-state index >= 15 is 0 Å². The number of thiocarbonyl (C=S) groups is 1. The van der Waals surface area contributed by atoms with E-state index < -0.39 is 16.7 Å². The number of benzene rings is 1. The van der Waals surface area contributed by atoms with Crippen LogP contribution in [0.5, 0.6) is 0 Å². The smallest absolute Gasteiger partial charge is 0.270 e. The van der Waals surface area contributed by atoms with Crippen molar-refractivity contribution in [2.24, 2.45) is 0 Å². The number of rotatable bonds is 3. The average molecular weight is 392 g/mol. The van der Waals surface area contributed by atoms with Crippen LogP contribution in [0.15, 0.2) is 40.3 Å². The van der Waals surface area contributed by atoms with Gasteiger partial charge in [0.15, 0.2) is 5.11 Å². The first-order valence-electron chi connectivity index (χ1n) is 7.17. The van der Waals surface area contributed by atoms with Crippen molar-refractivity contribution in [1.82, 2.24) is 10.2 Å². The molecule has 0 radical (unpaired) electrons. The number of nitrogens with one attached hydrogen (secondary N) is 1. The van der Waals surface area contributed by atoms with Crippen molar-refractivity contribution >= 4 is 52.5 Å². The topological polar surface area (TPSA) is 106 Å². The monoisotopic (exact) mass is 391 g/mol. The molecule has 132 valence electrons. The van der Waals surface area contributed by atoms with Gasteiger partial charge in [0.25, 0.3) is 17.5 Å². The van der Waals surface area contributed by atoms with Gasteiger partial charge in [-0.25, -0.2) is 0 Å². The molecular weight excluding hydrogens is 382 g/mol. The number of carbonyl (C=O) groups is 2. The molecule has 0 saturated carbocycles. The van der Waals surface area contributed by atoms with Gasteiger partial charge in [0, 0.05) is 24.7 Å². The molecule has 1 aliphatic rings. The van der Waals surface area contributed by atoms with Crippen LogP contribution in [0.1, 0.15) is 5.76 Å². The summed E-state index contributed by atoms with van der Waals surface area (Å²) in [7, 11) is 1.45. The van der Waals surface area contributed by atoms with Crippen LogP contribution in [0.25, 0.3) is 17.4 Å². The number of amides is 2. The average Bonchev–Trinajstić information content (AvgIpc) is 3.05. The third kappa shape index (κ3) is 3.22. The SMILES string of the molecule is CN1C(=O)C(=Cc2ccc(-c3ccc([N+](=O)[O-])cc3Cl)o2)C(=O)NC1=S. The molecule has 0 spiro atoms. The van der Waals surface area contributed by atoms with Crippen LogP contribution < -0.4 is 5.32 Å². The minimum Gasteiger partial charge on any atom is -0.457 e. The fraction of sp³-hybridized carbons (Fsp3) is 0.0625. The number of furan rings is 1. The fourth-order valence-electron chi connectivity index (χ4n) is 2.28. The summed E-state index contributed by atoms with van der Waals surface area (Å²) in [5.41, 5.74) is 0.174. The Morgan fingerprint density at radius 3 is 2.69 bits per heavy atom. The molecule has 1 saturated heterocycles. The summed E-state index contributed by atoms with van der Waals surface area (Å²) in [5.74, 6) is -0.590. The highest BCUT2D eigenvalue weighted by Crippen LogP contribution is 2.32. The zero-order valence-electron chi connectivity index (χ0n) is 13.2. The van der Waals surface area contributed by atoms with E-state index in [0.717, 1.165) is 4.90 Å². The lowest BCUT2D eigenvalue weighted by Crippen LogP contribution is -2.52. The highest BCUT2D eigenvalue weighted by molar-refractivity contribution is 7.80. The molecule has 0 aliphatic carbocycles. The maximum atomic E-state index is 12.2. The largest absolute Gasteiger partial charge is 0.457 e. The van der Waals surface area contributed by atoms with Crippen LogP contribution in [-0.2, 0) is 9.59 Å². The van der Waals surface area contributed by atoms with Gasteiger partial charge in [-0.05, 0) is 36.5 Å². The number of nitro groups is 1. The van der Waals surface area contributed by atoms with Crippen molar-refractivity contribution in [3.05, 3.63) is 56.8 Å². The summed E-state index contributed by atoms with van der Waals surface area (Å²) in [6.45, 7) is 0. The lowest BCUT2D eigenvalue weighted by molar-refractivity contribution is -0.384. The van der Waals surface area contributed by atoms with Crippen molar-refractivity contribution in [3.8, 4) is 11.3 Å². The van der Waals surface area contributed by atoms with Gasteiger partial charge in [-0.2, -0.15) is 0 Å². The van der Waals surface area contributed by atoms with E-state index in [-0.39, 0.29) is 27.2 Å². The molecule has 1 aromatic carbocycles. The highest BCUT2D eigenvalue weighted by atomic mass is 35.5. The molecule has 26 heavy (non-hydrogen) atoms. The Balaban J connectivity index is 1.93. The minimum absolute atomic E-state index is 0.0231. The van der Waals surface area contributed by atoms with Crippen LogP contribution in [0.2, 0.25) is 5.02 Å². The molecule has 8 nitrogen and oxygen atoms in total. The van der Waals surface area contributed by atoms with Crippen LogP contribution in [0.3, 0.4) is 0 Å². The summed E-state index contributed by atoms with van der Waals surface area (Å²) < 4.78 is 5.60. The van der Waals surface area contributed by atoms with E-state index in [1.165, 1.54) is 31.3 Å². The van der Waals surface area contributed by atoms with Crippen LogP contribution >= 0.6 is 23.8 Å². The van der Waals surface area contributed by atoms with E-state index in [2.05, 4.69) is 5.32 Å². The summed E-state index contributed by atoms with van der Waals surface area (Å²) in [5, 5.41) is 13.3. The van der Waals surface area contributed by atoms with Gasteiger partial charge in [-0.1, -0.05) is 11.6 Å². The van der Waals surface area contributed by atoms with E-state index in [1.54, 1.807) is 12.1 Å². The summed E-state index contributed by atoms with van der Waals surface area (Å²) in [6.07, 6.45) is 1.29. The maximum Gasteiger partial charge on any atom is 0.270 e. The van der Waals surface area contributed by atoms with E-state index in [1.807, 2.05) is 0 Å². The second-order valence-electron chi connectivity index (χ2n) is 5.30. The van der Waals surface area contributed by atoms with Gasteiger partial charge in [0.1, 0.15) is 17.1 Å². The lowest BCUT2D eigenvalue weighted by atomic mass is 10.1. The number of hydrogen-bond acceptors (Lipinski definition) is 6. The van der Waals surface area contributed by atoms with Gasteiger partial charge >= 0.3 is 0 Å². The number of halogens is 1. The Hall–Kier alpha value is -3.04. The number of hydrogen-bond donors (Lipinski definition) is 1. The first-order valence-corrected chi connectivity index (χ1v) is 7.96. The van der Waals surface area contributed by atoms with Crippen LogP contribution in [0.4, 0.5) is 5.69 Å². The van der Waals surface area contributed by atoms with E-state index in [4.69, 9.17) is 28.2 Å². The molecule has 2 heterocycles. The van der Waals surface area contributed by atoms with Gasteiger partial charge in [-0.15, -0.1) is 0 Å². The molecule has 1 N–H and O–H groups in total. The van der Waals surface area contributed by atoms with Gasteiger partial charge in [0.05, 0.1) is 9.95 Å². The standard InChI is InChI=1S/C16H10ClN3O5S/c1-19-15(22)11(14(21)18-16(19)26)7-9-3-5-13(25-9)10-4-2-8(20(23)24)6-12(10)17/h2-7H,1H3,(H,18,21,26). The number of nitrogens with zero attached hydrogens (tertiary/aromatic N) is 2. The molecule has 2 aromatic rings. The first kappa shape index (κ1) is 17.8. The second-order valence-corrected chi connectivity index (χ2v) is 6.10. The zero-order valence-corrected chi connectivity index (χ0v) is 14.8. The number of likely N-dealkylation sites (N-methyl/N-ethyl adjacent to an activating group) is 1. The van der Waals surface area contributed by atoms with Gasteiger partial charge < -0.3 is 4.42 Å². The van der Waals surface area contributed by atoms with Crippen molar-refractivity contribution in [3.63, 3.8) is 0 Å². The van der Waals surface area contributed by atoms with E-state index in [9.17, 15) is 19.7 Å². The molecule has 10 heteroatoms. The molecule has 2 amide bonds. The highest BCUT2D eigenvalue weighted by Gasteiger charge is 2.31. The zero-order chi connectivity index (χ0) is 19.0. The van der Waals surface area contributed by atoms with Crippen molar-refractivity contribution in [2.75, 3.05) is 7.05 Å². The normalized spacial score (nSPS) is 16.2. The van der Waals surface area contributed by atoms with Crippen LogP contribution in [0, 0.1) is 10.1 Å². The minimum atomic E-state index is -0.621. The summed E-state index contributed by atoms with van der Waals surface area (Å²) in [4.78, 5) is 35.5. The molecule has 0 atom stereocenters. The maximum absolute atomic E-state index is 12.2. The molecule has 1 aliphatic heterocycles. The molecule has 0 unspecified atom stereocenters. The van der Waals surface area contributed by atoms with E-state index in [0.29, 0.717) is 11.3 Å². The second kappa shape index (κ2) is 6.70. The van der Waals surface area contributed by atoms with Crippen molar-refractivity contribution in [1.29, 1.82) is 0 Å². The molecule has 3 rings (SSSR count). The first-order chi connectivity index (χ1) is 12.3. The predicted molar refractivity (Wildman–Crippen MR) is 97.3 cm³/mol. The number of nitro benzene ring substituents is 1. The third-order valence-electron chi connectivity index (χ3n) is 3.65. The fourth-order valence-corrected chi connectivity index (χ4v) is 2.72. The van der Waals surface area contributed by atoms with Gasteiger partial charge in [0.2, 0.25) is 0 Å². The Morgan fingerprint density at radius 2 is 2.04 bits per heavy atom. The Morgan fingerprint density at radius 1 is 1.31 bits per heavy atom. The van der Waals surface area contributed by atoms with Crippen LogP contribution in [-0.4, -0.2) is 33.8 Å². The third-order valence-corrected chi connectivity index (χ3v) is 4.34. The lowest BCUT2D eigenvalue weighted by Gasteiger charge is -2.24. The molecule has 1 aromatic heterocycles. The molecule has 0 bridgehead atoms. The summed E-state index contributed by atoms with van der Waals surface area (Å²) >= 11 is 10.9. The molecular formula is C16H10ClN3O5S. The predicted octanol–water partition coefficient (Wildman–Crippen LogP) is 2.76. The summed E-state index contributed by atoms with van der Waals surface area (Å²) in [6, 6.07) is 7.11. The number of carbonyl (C=O) groups excluding carboxylic acids is 2. The van der Waals surface area contributed by atoms with Crippen molar-refractivity contribution in [2.45, 2.75) is 0 Å². The molecule has 1 fully saturated rings. The van der Waals surface area contributed by atoms with Crippen molar-refractivity contribution < 1.29 is 18.9 Å². The van der Waals surface area contributed by atoms with Gasteiger partial charge in [-0.3, -0.25) is 29.9 Å². The number of non-ortho nitro benzene ring substituents is 1.